The SMILES string of the molecule is CCCCCCC/C=C/COc1cnc(-c2ccc(OCCCCOCCC)cc2)nc1. The first-order valence-electron chi connectivity index (χ1n) is 12.2. The first-order chi connectivity index (χ1) is 15.8. The zero-order valence-corrected chi connectivity index (χ0v) is 19.9. The molecule has 0 aliphatic heterocycles. The van der Waals surface area contributed by atoms with Crippen molar-refractivity contribution in [1.82, 2.24) is 9.97 Å². The number of rotatable bonds is 18. The molecule has 0 fully saturated rings. The molecule has 0 radical (unpaired) electrons. The van der Waals surface area contributed by atoms with Gasteiger partial charge in [0.1, 0.15) is 12.4 Å². The molecule has 0 unspecified atom stereocenters. The molecule has 1 aromatic heterocycles. The van der Waals surface area contributed by atoms with Crippen LogP contribution in [0.1, 0.15) is 71.6 Å². The van der Waals surface area contributed by atoms with E-state index < -0.39 is 0 Å². The second-order valence-electron chi connectivity index (χ2n) is 7.92. The Kier molecular flexibility index (Phi) is 13.9. The number of nitrogens with zero attached hydrogens (tertiary/aromatic N) is 2. The zero-order chi connectivity index (χ0) is 22.7. The van der Waals surface area contributed by atoms with Crippen LogP contribution in [-0.2, 0) is 4.74 Å². The fourth-order valence-electron chi connectivity index (χ4n) is 3.18. The summed E-state index contributed by atoms with van der Waals surface area (Å²) in [6.07, 6.45) is 18.5. The summed E-state index contributed by atoms with van der Waals surface area (Å²) in [6, 6.07) is 7.89. The smallest absolute Gasteiger partial charge is 0.159 e. The van der Waals surface area contributed by atoms with Crippen molar-refractivity contribution in [3.8, 4) is 22.9 Å². The Balaban J connectivity index is 1.64. The lowest BCUT2D eigenvalue weighted by atomic mass is 10.1. The Morgan fingerprint density at radius 2 is 1.44 bits per heavy atom. The molecule has 2 rings (SSSR count). The monoisotopic (exact) mass is 440 g/mol. The summed E-state index contributed by atoms with van der Waals surface area (Å²) < 4.78 is 17.0. The van der Waals surface area contributed by atoms with Crippen molar-refractivity contribution in [2.24, 2.45) is 0 Å². The third-order valence-electron chi connectivity index (χ3n) is 5.03. The van der Waals surface area contributed by atoms with Gasteiger partial charge in [0.25, 0.3) is 0 Å². The van der Waals surface area contributed by atoms with Gasteiger partial charge in [0.05, 0.1) is 19.0 Å². The van der Waals surface area contributed by atoms with Crippen LogP contribution in [0.3, 0.4) is 0 Å². The van der Waals surface area contributed by atoms with E-state index in [1.807, 2.05) is 24.3 Å². The Morgan fingerprint density at radius 1 is 0.688 bits per heavy atom. The second kappa shape index (κ2) is 17.2. The summed E-state index contributed by atoms with van der Waals surface area (Å²) in [6.45, 7) is 7.26. The third kappa shape index (κ3) is 11.3. The summed E-state index contributed by atoms with van der Waals surface area (Å²) in [7, 11) is 0. The van der Waals surface area contributed by atoms with Crippen molar-refractivity contribution in [3.63, 3.8) is 0 Å². The van der Waals surface area contributed by atoms with Crippen molar-refractivity contribution < 1.29 is 14.2 Å². The molecule has 0 N–H and O–H groups in total. The van der Waals surface area contributed by atoms with Crippen LogP contribution in [0.4, 0.5) is 0 Å². The lowest BCUT2D eigenvalue weighted by Crippen LogP contribution is -2.01. The van der Waals surface area contributed by atoms with Crippen molar-refractivity contribution in [2.45, 2.75) is 71.6 Å². The molecule has 1 heterocycles. The van der Waals surface area contributed by atoms with Gasteiger partial charge in [-0.3, -0.25) is 0 Å². The lowest BCUT2D eigenvalue weighted by Gasteiger charge is -2.08. The Labute approximate surface area is 194 Å². The number of allylic oxidation sites excluding steroid dienone is 1. The van der Waals surface area contributed by atoms with Gasteiger partial charge in [0, 0.05) is 18.8 Å². The summed E-state index contributed by atoms with van der Waals surface area (Å²) >= 11 is 0. The highest BCUT2D eigenvalue weighted by atomic mass is 16.5. The van der Waals surface area contributed by atoms with Crippen LogP contribution >= 0.6 is 0 Å². The standard InChI is InChI=1S/C27H40N2O3/c1-3-5-6-7-8-9-10-11-20-32-26-22-28-27(29-23-26)24-14-16-25(17-15-24)31-21-13-12-19-30-18-4-2/h10-11,14-17,22-23H,3-9,12-13,18-21H2,1-2H3/b11-10+. The number of benzene rings is 1. The molecule has 1 aromatic carbocycles. The molecule has 2 aromatic rings. The average Bonchev–Trinajstić information content (AvgIpc) is 2.83. The van der Waals surface area contributed by atoms with E-state index in [1.165, 1.54) is 32.1 Å². The fraction of sp³-hybridized carbons (Fsp3) is 0.556. The second-order valence-corrected chi connectivity index (χ2v) is 7.92. The molecular formula is C27H40N2O3. The number of unbranched alkanes of at least 4 members (excludes halogenated alkanes) is 6. The molecular weight excluding hydrogens is 400 g/mol. The van der Waals surface area contributed by atoms with E-state index in [0.717, 1.165) is 50.2 Å². The molecule has 5 nitrogen and oxygen atoms in total. The molecule has 0 aliphatic carbocycles. The van der Waals surface area contributed by atoms with Gasteiger partial charge in [0.15, 0.2) is 11.6 Å². The summed E-state index contributed by atoms with van der Waals surface area (Å²) in [4.78, 5) is 8.86. The van der Waals surface area contributed by atoms with Crippen molar-refractivity contribution in [1.29, 1.82) is 0 Å². The predicted octanol–water partition coefficient (Wildman–Crippen LogP) is 7.02. The van der Waals surface area contributed by atoms with Gasteiger partial charge in [-0.25, -0.2) is 9.97 Å². The molecule has 0 spiro atoms. The maximum atomic E-state index is 5.80. The Bertz CT molecular complexity index is 730. The number of hydrogen-bond acceptors (Lipinski definition) is 5. The maximum absolute atomic E-state index is 5.80. The van der Waals surface area contributed by atoms with Crippen molar-refractivity contribution in [2.75, 3.05) is 26.4 Å². The quantitative estimate of drug-likeness (QED) is 0.184. The molecule has 176 valence electrons. The minimum absolute atomic E-state index is 0.550. The van der Waals surface area contributed by atoms with E-state index in [-0.39, 0.29) is 0 Å². The van der Waals surface area contributed by atoms with Crippen LogP contribution in [0.25, 0.3) is 11.4 Å². The highest BCUT2D eigenvalue weighted by molar-refractivity contribution is 5.56. The Morgan fingerprint density at radius 3 is 2.19 bits per heavy atom. The molecule has 0 saturated carbocycles. The molecule has 32 heavy (non-hydrogen) atoms. The van der Waals surface area contributed by atoms with E-state index in [9.17, 15) is 0 Å². The number of hydrogen-bond donors (Lipinski definition) is 0. The maximum Gasteiger partial charge on any atom is 0.159 e. The normalized spacial score (nSPS) is 11.2. The van der Waals surface area contributed by atoms with Crippen LogP contribution < -0.4 is 9.47 Å². The minimum Gasteiger partial charge on any atom is -0.494 e. The number of ether oxygens (including phenoxy) is 3. The van der Waals surface area contributed by atoms with E-state index in [2.05, 4.69) is 36.0 Å². The summed E-state index contributed by atoms with van der Waals surface area (Å²) in [5.41, 5.74) is 0.958. The zero-order valence-electron chi connectivity index (χ0n) is 19.9. The van der Waals surface area contributed by atoms with Crippen LogP contribution in [0, 0.1) is 0 Å². The average molecular weight is 441 g/mol. The highest BCUT2D eigenvalue weighted by Gasteiger charge is 2.03. The van der Waals surface area contributed by atoms with E-state index in [0.29, 0.717) is 24.8 Å². The third-order valence-corrected chi connectivity index (χ3v) is 5.03. The molecule has 0 bridgehead atoms. The first kappa shape index (κ1) is 25.9. The van der Waals surface area contributed by atoms with Crippen LogP contribution in [0.5, 0.6) is 11.5 Å². The molecule has 0 saturated heterocycles. The fourth-order valence-corrected chi connectivity index (χ4v) is 3.18. The Hall–Kier alpha value is -2.40. The lowest BCUT2D eigenvalue weighted by molar-refractivity contribution is 0.127. The number of aromatic nitrogens is 2. The molecule has 0 aliphatic rings. The highest BCUT2D eigenvalue weighted by Crippen LogP contribution is 2.20. The molecule has 0 atom stereocenters. The van der Waals surface area contributed by atoms with Gasteiger partial charge in [-0.15, -0.1) is 0 Å². The van der Waals surface area contributed by atoms with E-state index in [1.54, 1.807) is 12.4 Å². The molecule has 5 heteroatoms. The van der Waals surface area contributed by atoms with Gasteiger partial charge >= 0.3 is 0 Å². The van der Waals surface area contributed by atoms with Crippen LogP contribution in [-0.4, -0.2) is 36.4 Å². The summed E-state index contributed by atoms with van der Waals surface area (Å²) in [5.74, 6) is 2.23. The van der Waals surface area contributed by atoms with E-state index >= 15 is 0 Å². The van der Waals surface area contributed by atoms with Gasteiger partial charge < -0.3 is 14.2 Å². The van der Waals surface area contributed by atoms with Crippen LogP contribution in [0.2, 0.25) is 0 Å². The van der Waals surface area contributed by atoms with Gasteiger partial charge in [0.2, 0.25) is 0 Å². The summed E-state index contributed by atoms with van der Waals surface area (Å²) in [5, 5.41) is 0. The van der Waals surface area contributed by atoms with Crippen molar-refractivity contribution in [3.05, 3.63) is 48.8 Å². The predicted molar refractivity (Wildman–Crippen MR) is 131 cm³/mol. The topological polar surface area (TPSA) is 53.5 Å². The minimum atomic E-state index is 0.550. The van der Waals surface area contributed by atoms with Gasteiger partial charge in [-0.1, -0.05) is 51.7 Å². The van der Waals surface area contributed by atoms with E-state index in [4.69, 9.17) is 14.2 Å². The van der Waals surface area contributed by atoms with Crippen LogP contribution in [0.15, 0.2) is 48.8 Å². The first-order valence-corrected chi connectivity index (χ1v) is 12.2. The molecule has 0 amide bonds. The van der Waals surface area contributed by atoms with Gasteiger partial charge in [-0.05, 0) is 56.4 Å². The van der Waals surface area contributed by atoms with Crippen molar-refractivity contribution >= 4 is 0 Å². The largest absolute Gasteiger partial charge is 0.494 e. The van der Waals surface area contributed by atoms with Gasteiger partial charge in [-0.2, -0.15) is 0 Å².